The van der Waals surface area contributed by atoms with Gasteiger partial charge in [-0.2, -0.15) is 12.2 Å². The minimum absolute atomic E-state index is 0. The van der Waals surface area contributed by atoms with E-state index in [9.17, 15) is 0 Å². The molecule has 12 heavy (non-hydrogen) atoms. The molecule has 0 saturated carbocycles. The van der Waals surface area contributed by atoms with Crippen molar-refractivity contribution >= 4 is 0 Å². The maximum Gasteiger partial charge on any atom is 3.00 e. The van der Waals surface area contributed by atoms with Gasteiger partial charge in [-0.15, -0.1) is 12.8 Å². The molecule has 0 heterocycles. The Morgan fingerprint density at radius 1 is 0.917 bits per heavy atom. The van der Waals surface area contributed by atoms with Gasteiger partial charge in [0.1, 0.15) is 0 Å². The van der Waals surface area contributed by atoms with E-state index in [4.69, 9.17) is 0 Å². The van der Waals surface area contributed by atoms with Crippen LogP contribution in [0.2, 0.25) is 0 Å². The summed E-state index contributed by atoms with van der Waals surface area (Å²) in [4.78, 5) is 0. The second-order valence-corrected chi connectivity index (χ2v) is 2.01. The van der Waals surface area contributed by atoms with E-state index in [1.54, 1.807) is 0 Å². The van der Waals surface area contributed by atoms with Crippen LogP contribution >= 0.6 is 0 Å². The number of hydrogen-bond donors (Lipinski definition) is 0. The van der Waals surface area contributed by atoms with Gasteiger partial charge in [0.2, 0.25) is 0 Å². The fourth-order valence-corrected chi connectivity index (χ4v) is 0.680. The Kier molecular flexibility index (Phi) is 13.0. The molecule has 0 aromatic heterocycles. The molecule has 0 aromatic carbocycles. The van der Waals surface area contributed by atoms with Crippen LogP contribution in [0.15, 0.2) is 36.5 Å². The number of rotatable bonds is 0. The maximum atomic E-state index is 2.99. The Balaban J connectivity index is -0.000000125. The Morgan fingerprint density at radius 2 is 1.33 bits per heavy atom. The van der Waals surface area contributed by atoms with Gasteiger partial charge >= 0.3 is 26.2 Å². The predicted octanol–water partition coefficient (Wildman–Crippen LogP) is 3.17. The molecule has 0 aliphatic heterocycles. The van der Waals surface area contributed by atoms with Crippen LogP contribution in [0.3, 0.4) is 0 Å². The molecule has 0 bridgehead atoms. The quantitative estimate of drug-likeness (QED) is 0.568. The third-order valence-electron chi connectivity index (χ3n) is 1.17. The van der Waals surface area contributed by atoms with Gasteiger partial charge in [0.25, 0.3) is 0 Å². The SMILES string of the molecule is [C-]1=CC=CC1.[C-]1=CC=CC1.[CH3-].[H-].[Zr+3]. The van der Waals surface area contributed by atoms with E-state index in [0.717, 1.165) is 12.8 Å². The van der Waals surface area contributed by atoms with Crippen molar-refractivity contribution in [3.63, 3.8) is 0 Å². The van der Waals surface area contributed by atoms with E-state index in [1.807, 2.05) is 24.3 Å². The minimum atomic E-state index is 0. The van der Waals surface area contributed by atoms with Crippen molar-refractivity contribution < 1.29 is 27.6 Å². The van der Waals surface area contributed by atoms with E-state index >= 15 is 0 Å². The van der Waals surface area contributed by atoms with Crippen LogP contribution in [0.5, 0.6) is 0 Å². The van der Waals surface area contributed by atoms with Crippen LogP contribution in [0.25, 0.3) is 0 Å². The van der Waals surface area contributed by atoms with Crippen molar-refractivity contribution in [1.82, 2.24) is 0 Å². The first kappa shape index (κ1) is 14.4. The summed E-state index contributed by atoms with van der Waals surface area (Å²) < 4.78 is 0. The average molecular weight is 237 g/mol. The molecule has 0 amide bonds. The Hall–Kier alpha value is -0.157. The van der Waals surface area contributed by atoms with Crippen LogP contribution in [0.4, 0.5) is 0 Å². The molecular formula is C11H14Zr-. The van der Waals surface area contributed by atoms with Crippen LogP contribution in [-0.4, -0.2) is 0 Å². The fourth-order valence-electron chi connectivity index (χ4n) is 0.680. The Morgan fingerprint density at radius 3 is 1.42 bits per heavy atom. The van der Waals surface area contributed by atoms with Gasteiger partial charge in [-0.3, -0.25) is 12.2 Å². The molecule has 0 saturated heterocycles. The molecule has 2 aliphatic carbocycles. The van der Waals surface area contributed by atoms with Gasteiger partial charge in [-0.25, -0.2) is 24.3 Å². The zero-order valence-electron chi connectivity index (χ0n) is 8.38. The van der Waals surface area contributed by atoms with Gasteiger partial charge in [0.15, 0.2) is 0 Å². The molecule has 0 unspecified atom stereocenters. The number of hydrogen-bond acceptors (Lipinski definition) is 0. The monoisotopic (exact) mass is 236 g/mol. The molecule has 0 fully saturated rings. The van der Waals surface area contributed by atoms with Gasteiger partial charge in [-0.05, 0) is 0 Å². The van der Waals surface area contributed by atoms with E-state index in [1.165, 1.54) is 0 Å². The minimum Gasteiger partial charge on any atom is -1.00 e. The van der Waals surface area contributed by atoms with Crippen molar-refractivity contribution in [2.75, 3.05) is 0 Å². The summed E-state index contributed by atoms with van der Waals surface area (Å²) in [5.41, 5.74) is 0. The van der Waals surface area contributed by atoms with Gasteiger partial charge in [-0.1, -0.05) is 0 Å². The maximum absolute atomic E-state index is 2.99. The van der Waals surface area contributed by atoms with E-state index < -0.39 is 0 Å². The summed E-state index contributed by atoms with van der Waals surface area (Å²) >= 11 is 0. The third-order valence-corrected chi connectivity index (χ3v) is 1.17. The van der Waals surface area contributed by atoms with Crippen molar-refractivity contribution in [2.45, 2.75) is 12.8 Å². The molecule has 63 valence electrons. The summed E-state index contributed by atoms with van der Waals surface area (Å²) in [6, 6.07) is 0. The van der Waals surface area contributed by atoms with Gasteiger partial charge in [0, 0.05) is 0 Å². The molecule has 1 radical (unpaired) electrons. The second kappa shape index (κ2) is 10.8. The summed E-state index contributed by atoms with van der Waals surface area (Å²) in [7, 11) is 0. The first-order valence-corrected chi connectivity index (χ1v) is 3.43. The second-order valence-electron chi connectivity index (χ2n) is 2.01. The normalized spacial score (nSPS) is 14.7. The van der Waals surface area contributed by atoms with Gasteiger partial charge in [0.05, 0.1) is 0 Å². The topological polar surface area (TPSA) is 0 Å². The fraction of sp³-hybridized carbons (Fsp3) is 0.182. The van der Waals surface area contributed by atoms with E-state index in [0.29, 0.717) is 0 Å². The van der Waals surface area contributed by atoms with E-state index in [2.05, 4.69) is 24.3 Å². The molecule has 2 aliphatic rings. The average Bonchev–Trinajstić information content (AvgIpc) is 2.67. The molecule has 0 spiro atoms. The molecule has 1 heteroatoms. The number of allylic oxidation sites excluding steroid dienone is 8. The molecule has 0 aromatic rings. The van der Waals surface area contributed by atoms with Crippen molar-refractivity contribution in [3.05, 3.63) is 56.0 Å². The molecular weight excluding hydrogens is 223 g/mol. The van der Waals surface area contributed by atoms with Gasteiger partial charge < -0.3 is 8.85 Å². The standard InChI is InChI=1S/2C5H5.CH3.Zr.H/c2*1-2-4-5-3-1;;;/h2*1-3H,4H2;1H3;;/q3*-1;+3;-1. The largest absolute Gasteiger partial charge is 3.00 e. The van der Waals surface area contributed by atoms with Crippen LogP contribution < -0.4 is 0 Å². The Labute approximate surface area is 96.4 Å². The van der Waals surface area contributed by atoms with Crippen LogP contribution in [0, 0.1) is 19.6 Å². The first-order chi connectivity index (χ1) is 5.00. The summed E-state index contributed by atoms with van der Waals surface area (Å²) in [6.45, 7) is 0. The summed E-state index contributed by atoms with van der Waals surface area (Å²) in [5.74, 6) is 0. The molecule has 0 atom stereocenters. The molecule has 0 N–H and O–H groups in total. The van der Waals surface area contributed by atoms with Crippen molar-refractivity contribution in [3.8, 4) is 0 Å². The first-order valence-electron chi connectivity index (χ1n) is 3.43. The Bertz CT molecular complexity index is 148. The smallest absolute Gasteiger partial charge is 1.00 e. The van der Waals surface area contributed by atoms with Crippen LogP contribution in [0.1, 0.15) is 14.3 Å². The zero-order valence-corrected chi connectivity index (χ0v) is 9.84. The molecule has 0 nitrogen and oxygen atoms in total. The van der Waals surface area contributed by atoms with Crippen molar-refractivity contribution in [1.29, 1.82) is 0 Å². The summed E-state index contributed by atoms with van der Waals surface area (Å²) in [6.07, 6.45) is 20.0. The predicted molar refractivity (Wildman–Crippen MR) is 50.7 cm³/mol. The molecule has 2 rings (SSSR count). The summed E-state index contributed by atoms with van der Waals surface area (Å²) in [5, 5.41) is 0. The zero-order chi connectivity index (χ0) is 7.07. The third kappa shape index (κ3) is 7.94. The van der Waals surface area contributed by atoms with Crippen molar-refractivity contribution in [2.24, 2.45) is 0 Å². The van der Waals surface area contributed by atoms with Crippen LogP contribution in [-0.2, 0) is 26.2 Å². The van der Waals surface area contributed by atoms with E-state index in [-0.39, 0.29) is 35.1 Å².